The second-order valence-electron chi connectivity index (χ2n) is 9.14. The number of aromatic amines is 1. The minimum atomic E-state index is -0.421. The Morgan fingerprint density at radius 1 is 0.966 bits per heavy atom. The number of fused-ring (bicyclic) bond motifs is 1. The number of rotatable bonds is 3. The average Bonchev–Trinajstić information content (AvgIpc) is 2.98. The molecule has 0 unspecified atom stereocenters. The molecule has 4 rings (SSSR count). The van der Waals surface area contributed by atoms with Gasteiger partial charge in [-0.15, -0.1) is 0 Å². The first-order valence-corrected chi connectivity index (χ1v) is 9.97. The number of ether oxygens (including phenoxy) is 1. The molecular formula is C25H27NO3. The Bertz CT molecular complexity index is 1210. The van der Waals surface area contributed by atoms with Crippen molar-refractivity contribution in [3.05, 3.63) is 80.5 Å². The molecule has 4 heteroatoms. The maximum absolute atomic E-state index is 11.7. The number of nitrogens with one attached hydrogen (secondary N) is 1. The average molecular weight is 389 g/mol. The molecule has 0 radical (unpaired) electrons. The number of oxazole rings is 1. The van der Waals surface area contributed by atoms with E-state index in [2.05, 4.69) is 57.5 Å². The van der Waals surface area contributed by atoms with Gasteiger partial charge in [0.15, 0.2) is 5.55 Å². The third kappa shape index (κ3) is 3.80. The molecule has 1 aliphatic carbocycles. The van der Waals surface area contributed by atoms with Gasteiger partial charge in [-0.05, 0) is 77.3 Å². The summed E-state index contributed by atoms with van der Waals surface area (Å²) in [7, 11) is 0. The van der Waals surface area contributed by atoms with E-state index in [1.165, 1.54) is 24.0 Å². The zero-order valence-electron chi connectivity index (χ0n) is 17.5. The third-order valence-corrected chi connectivity index (χ3v) is 5.96. The molecule has 0 spiro atoms. The van der Waals surface area contributed by atoms with Crippen molar-refractivity contribution < 1.29 is 9.15 Å². The van der Waals surface area contributed by atoms with E-state index in [0.717, 1.165) is 17.1 Å². The molecule has 0 bridgehead atoms. The van der Waals surface area contributed by atoms with Crippen molar-refractivity contribution in [2.75, 3.05) is 0 Å². The number of H-pyrrole nitrogens is 1. The van der Waals surface area contributed by atoms with E-state index in [1.807, 2.05) is 24.3 Å². The highest BCUT2D eigenvalue weighted by atomic mass is 16.5. The fourth-order valence-electron chi connectivity index (χ4n) is 4.05. The molecule has 0 saturated heterocycles. The van der Waals surface area contributed by atoms with Crippen LogP contribution in [0.5, 0.6) is 11.5 Å². The monoisotopic (exact) mass is 389 g/mol. The van der Waals surface area contributed by atoms with E-state index in [-0.39, 0.29) is 16.4 Å². The lowest BCUT2D eigenvalue weighted by molar-refractivity contribution is 0.330. The van der Waals surface area contributed by atoms with Crippen LogP contribution in [0.4, 0.5) is 0 Å². The smallest absolute Gasteiger partial charge is 0.361 e. The maximum Gasteiger partial charge on any atom is 0.361 e. The normalized spacial score (nSPS) is 17.7. The lowest BCUT2D eigenvalue weighted by Crippen LogP contribution is -2.33. The van der Waals surface area contributed by atoms with Gasteiger partial charge in [0.2, 0.25) is 0 Å². The zero-order valence-corrected chi connectivity index (χ0v) is 17.5. The summed E-state index contributed by atoms with van der Waals surface area (Å²) in [5.41, 5.74) is 3.83. The van der Waals surface area contributed by atoms with Gasteiger partial charge in [-0.2, -0.15) is 0 Å². The van der Waals surface area contributed by atoms with Crippen LogP contribution in [0, 0.1) is 0 Å². The number of aromatic nitrogens is 1. The van der Waals surface area contributed by atoms with Crippen molar-refractivity contribution in [1.82, 2.24) is 4.98 Å². The van der Waals surface area contributed by atoms with E-state index in [9.17, 15) is 4.79 Å². The quantitative estimate of drug-likeness (QED) is 0.725. The summed E-state index contributed by atoms with van der Waals surface area (Å²) in [6.45, 7) is 12.8. The second-order valence-corrected chi connectivity index (χ2v) is 9.14. The zero-order chi connectivity index (χ0) is 20.8. The van der Waals surface area contributed by atoms with Gasteiger partial charge < -0.3 is 14.1 Å². The Morgan fingerprint density at radius 2 is 1.59 bits per heavy atom. The van der Waals surface area contributed by atoms with Gasteiger partial charge >= 0.3 is 5.63 Å². The first-order chi connectivity index (χ1) is 13.6. The topological polar surface area (TPSA) is 55.2 Å². The summed E-state index contributed by atoms with van der Waals surface area (Å²) < 4.78 is 11.0. The molecular weight excluding hydrogens is 362 g/mol. The van der Waals surface area contributed by atoms with Gasteiger partial charge in [0.05, 0.1) is 0 Å². The van der Waals surface area contributed by atoms with Crippen LogP contribution in [0.1, 0.15) is 57.2 Å². The summed E-state index contributed by atoms with van der Waals surface area (Å²) >= 11 is 0. The predicted octanol–water partition coefficient (Wildman–Crippen LogP) is 4.35. The van der Waals surface area contributed by atoms with Crippen LogP contribution >= 0.6 is 0 Å². The Labute approximate surface area is 170 Å². The summed E-state index contributed by atoms with van der Waals surface area (Å²) in [5.74, 6) is 1.60. The molecule has 0 amide bonds. The number of hydrogen-bond acceptors (Lipinski definition) is 3. The van der Waals surface area contributed by atoms with Gasteiger partial charge in [0.25, 0.3) is 0 Å². The van der Waals surface area contributed by atoms with Gasteiger partial charge in [-0.3, -0.25) is 0 Å². The lowest BCUT2D eigenvalue weighted by Gasteiger charge is -2.41. The molecule has 150 valence electrons. The summed E-state index contributed by atoms with van der Waals surface area (Å²) in [6, 6.07) is 14.1. The van der Waals surface area contributed by atoms with Crippen LogP contribution in [0.2, 0.25) is 0 Å². The van der Waals surface area contributed by atoms with Gasteiger partial charge in [-0.1, -0.05) is 45.9 Å². The highest BCUT2D eigenvalue weighted by Crippen LogP contribution is 2.47. The molecule has 0 fully saturated rings. The Hall–Kier alpha value is -3.01. The highest BCUT2D eigenvalue weighted by Gasteiger charge is 2.37. The van der Waals surface area contributed by atoms with E-state index >= 15 is 0 Å². The minimum absolute atomic E-state index is 0.146. The molecule has 0 aliphatic heterocycles. The molecule has 1 heterocycles. The molecule has 2 aromatic carbocycles. The van der Waals surface area contributed by atoms with Gasteiger partial charge in [-0.25, -0.2) is 4.79 Å². The predicted molar refractivity (Wildman–Crippen MR) is 116 cm³/mol. The van der Waals surface area contributed by atoms with E-state index in [0.29, 0.717) is 5.35 Å². The summed E-state index contributed by atoms with van der Waals surface area (Å²) in [5, 5.41) is 0.378. The molecule has 3 aromatic rings. The third-order valence-electron chi connectivity index (χ3n) is 5.96. The summed E-state index contributed by atoms with van der Waals surface area (Å²) in [4.78, 5) is 14.5. The molecule has 1 aliphatic rings. The Morgan fingerprint density at radius 3 is 2.21 bits per heavy atom. The molecule has 29 heavy (non-hydrogen) atoms. The van der Waals surface area contributed by atoms with Crippen LogP contribution < -0.4 is 21.3 Å². The minimum Gasteiger partial charge on any atom is -0.457 e. The van der Waals surface area contributed by atoms with Crippen molar-refractivity contribution in [1.29, 1.82) is 0 Å². The number of benzene rings is 2. The van der Waals surface area contributed by atoms with Crippen molar-refractivity contribution in [3.63, 3.8) is 0 Å². The SMILES string of the molecule is C=c1[nH]c(=Cc2ccc(Oc3ccc4c(c3)C(C)(C)CCC4(C)C)cc2)c(=O)o1. The van der Waals surface area contributed by atoms with Crippen LogP contribution in [0.3, 0.4) is 0 Å². The van der Waals surface area contributed by atoms with Crippen LogP contribution in [0.25, 0.3) is 12.7 Å². The van der Waals surface area contributed by atoms with E-state index in [1.54, 1.807) is 6.08 Å². The molecule has 1 N–H and O–H groups in total. The van der Waals surface area contributed by atoms with Gasteiger partial charge in [0, 0.05) is 0 Å². The standard InChI is InChI=1S/C25H27NO3/c1-16-26-22(23(27)28-16)14-17-6-8-18(9-7-17)29-19-10-11-20-21(15-19)25(4,5)13-12-24(20,2)3/h6-11,14-15,26H,1,12-13H2,2-5H3. The van der Waals surface area contributed by atoms with Crippen LogP contribution in [-0.4, -0.2) is 4.98 Å². The summed E-state index contributed by atoms with van der Waals surface area (Å²) in [6.07, 6.45) is 4.09. The number of hydrogen-bond donors (Lipinski definition) is 1. The van der Waals surface area contributed by atoms with Crippen molar-refractivity contribution >= 4 is 12.7 Å². The van der Waals surface area contributed by atoms with E-state index in [4.69, 9.17) is 9.15 Å². The second kappa shape index (κ2) is 6.80. The molecule has 0 saturated carbocycles. The lowest BCUT2D eigenvalue weighted by atomic mass is 9.63. The van der Waals surface area contributed by atoms with Gasteiger partial charge in [0.1, 0.15) is 16.8 Å². The van der Waals surface area contributed by atoms with Crippen molar-refractivity contribution in [2.45, 2.75) is 51.4 Å². The first kappa shape index (κ1) is 19.3. The fourth-order valence-corrected chi connectivity index (χ4v) is 4.05. The van der Waals surface area contributed by atoms with E-state index < -0.39 is 5.63 Å². The van der Waals surface area contributed by atoms with Crippen LogP contribution in [0.15, 0.2) is 51.7 Å². The molecule has 0 atom stereocenters. The Kier molecular flexibility index (Phi) is 4.53. The first-order valence-electron chi connectivity index (χ1n) is 9.97. The van der Waals surface area contributed by atoms with Crippen LogP contribution in [-0.2, 0) is 10.8 Å². The largest absolute Gasteiger partial charge is 0.457 e. The maximum atomic E-state index is 11.7. The Balaban J connectivity index is 1.60. The highest BCUT2D eigenvalue weighted by molar-refractivity contribution is 5.51. The molecule has 1 aromatic heterocycles. The van der Waals surface area contributed by atoms with Crippen molar-refractivity contribution in [3.8, 4) is 11.5 Å². The fraction of sp³-hybridized carbons (Fsp3) is 0.320. The van der Waals surface area contributed by atoms with Crippen molar-refractivity contribution in [2.24, 2.45) is 0 Å². The molecule has 4 nitrogen and oxygen atoms in total.